The van der Waals surface area contributed by atoms with Crippen molar-refractivity contribution in [1.29, 1.82) is 0 Å². The number of hydrogen-bond donors (Lipinski definition) is 2. The van der Waals surface area contributed by atoms with Crippen molar-refractivity contribution < 1.29 is 19.1 Å². The fraction of sp³-hybridized carbons (Fsp3) is 0.296. The number of nitrogens with zero attached hydrogens (tertiary/aromatic N) is 3. The molecule has 8 heteroatoms. The van der Waals surface area contributed by atoms with Gasteiger partial charge < -0.3 is 15.3 Å². The van der Waals surface area contributed by atoms with Gasteiger partial charge in [-0.15, -0.1) is 0 Å². The number of carbonyl (C=O) groups excluding carboxylic acids is 2. The summed E-state index contributed by atoms with van der Waals surface area (Å²) in [6.07, 6.45) is 6.89. The molecule has 2 aromatic carbocycles. The van der Waals surface area contributed by atoms with Crippen molar-refractivity contribution in [1.82, 2.24) is 19.8 Å². The number of allylic oxidation sites excluding steroid dienone is 2. The van der Waals surface area contributed by atoms with Crippen molar-refractivity contribution >= 4 is 22.8 Å². The minimum absolute atomic E-state index is 0.0599. The molecule has 1 fully saturated rings. The van der Waals surface area contributed by atoms with Gasteiger partial charge in [-0.05, 0) is 74.7 Å². The van der Waals surface area contributed by atoms with Crippen LogP contribution in [0, 0.1) is 18.7 Å². The zero-order valence-corrected chi connectivity index (χ0v) is 19.4. The molecule has 1 atom stereocenters. The molecular formula is C27H27FN4O3. The monoisotopic (exact) mass is 474 g/mol. The highest BCUT2D eigenvalue weighted by molar-refractivity contribution is 5.99. The van der Waals surface area contributed by atoms with Crippen LogP contribution >= 0.6 is 0 Å². The number of hydrogen-bond acceptors (Lipinski definition) is 4. The Bertz CT molecular complexity index is 1330. The molecule has 2 heterocycles. The largest absolute Gasteiger partial charge is 0.393 e. The summed E-state index contributed by atoms with van der Waals surface area (Å²) in [6.45, 7) is 3.02. The Morgan fingerprint density at radius 2 is 1.86 bits per heavy atom. The number of aryl methyl sites for hydroxylation is 1. The zero-order valence-electron chi connectivity index (χ0n) is 19.4. The minimum Gasteiger partial charge on any atom is -0.393 e. The second-order valence-corrected chi connectivity index (χ2v) is 9.05. The van der Waals surface area contributed by atoms with E-state index in [9.17, 15) is 19.1 Å². The smallest absolute Gasteiger partial charge is 0.255 e. The third kappa shape index (κ3) is 4.74. The van der Waals surface area contributed by atoms with Crippen LogP contribution in [0.15, 0.2) is 66.4 Å². The summed E-state index contributed by atoms with van der Waals surface area (Å²) in [5.74, 6) is -0.0357. The summed E-state index contributed by atoms with van der Waals surface area (Å²) < 4.78 is 15.3. The van der Waals surface area contributed by atoms with Crippen LogP contribution in [0.4, 0.5) is 4.39 Å². The molecule has 1 aliphatic heterocycles. The molecule has 7 nitrogen and oxygen atoms in total. The number of nitrogens with one attached hydrogen (secondary N) is 1. The van der Waals surface area contributed by atoms with E-state index in [0.29, 0.717) is 43.6 Å². The van der Waals surface area contributed by atoms with E-state index in [-0.39, 0.29) is 29.7 Å². The summed E-state index contributed by atoms with van der Waals surface area (Å²) in [5, 5.41) is 12.6. The Hall–Kier alpha value is -3.78. The number of halogens is 1. The normalized spacial score (nSPS) is 18.5. The lowest BCUT2D eigenvalue weighted by atomic mass is 9.96. The van der Waals surface area contributed by atoms with E-state index >= 15 is 0 Å². The number of imidazole rings is 1. The first-order valence-electron chi connectivity index (χ1n) is 11.8. The molecule has 35 heavy (non-hydrogen) atoms. The zero-order chi connectivity index (χ0) is 24.5. The van der Waals surface area contributed by atoms with E-state index in [4.69, 9.17) is 0 Å². The summed E-state index contributed by atoms with van der Waals surface area (Å²) >= 11 is 0. The summed E-state index contributed by atoms with van der Waals surface area (Å²) in [4.78, 5) is 32.1. The van der Waals surface area contributed by atoms with E-state index in [1.807, 2.05) is 23.6 Å². The molecular weight excluding hydrogens is 447 g/mol. The van der Waals surface area contributed by atoms with E-state index in [1.54, 1.807) is 41.3 Å². The SMILES string of the molecule is Cc1nc2ccc(C(=O)NC3=CCC(C(=O)N4CCC(O)CC4)C=C3)cc2n1-c1ccc(F)cc1. The Morgan fingerprint density at radius 1 is 1.11 bits per heavy atom. The molecule has 1 aliphatic carbocycles. The first kappa shape index (κ1) is 23.0. The van der Waals surface area contributed by atoms with Gasteiger partial charge in [0.25, 0.3) is 5.91 Å². The molecule has 1 aromatic heterocycles. The van der Waals surface area contributed by atoms with Gasteiger partial charge in [-0.25, -0.2) is 9.37 Å². The first-order chi connectivity index (χ1) is 16.9. The van der Waals surface area contributed by atoms with Gasteiger partial charge in [0.2, 0.25) is 5.91 Å². The number of aromatic nitrogens is 2. The molecule has 2 aliphatic rings. The quantitative estimate of drug-likeness (QED) is 0.604. The van der Waals surface area contributed by atoms with Crippen LogP contribution in [0.5, 0.6) is 0 Å². The molecule has 2 amide bonds. The average molecular weight is 475 g/mol. The van der Waals surface area contributed by atoms with Gasteiger partial charge in [0.05, 0.1) is 23.1 Å². The number of aliphatic hydroxyl groups is 1. The summed E-state index contributed by atoms with van der Waals surface area (Å²) in [7, 11) is 0. The van der Waals surface area contributed by atoms with Gasteiger partial charge in [-0.3, -0.25) is 14.2 Å². The molecule has 3 aromatic rings. The summed E-state index contributed by atoms with van der Waals surface area (Å²) in [6, 6.07) is 11.4. The average Bonchev–Trinajstić information content (AvgIpc) is 3.20. The number of fused-ring (bicyclic) bond motifs is 1. The Morgan fingerprint density at radius 3 is 2.54 bits per heavy atom. The lowest BCUT2D eigenvalue weighted by Gasteiger charge is -2.32. The fourth-order valence-electron chi connectivity index (χ4n) is 4.67. The van der Waals surface area contributed by atoms with Crippen LogP contribution in [0.3, 0.4) is 0 Å². The molecule has 1 unspecified atom stereocenters. The van der Waals surface area contributed by atoms with Crippen LogP contribution in [0.25, 0.3) is 16.7 Å². The topological polar surface area (TPSA) is 87.5 Å². The van der Waals surface area contributed by atoms with Crippen LogP contribution in [0.2, 0.25) is 0 Å². The number of aliphatic hydroxyl groups excluding tert-OH is 1. The second kappa shape index (κ2) is 9.46. The number of rotatable bonds is 4. The lowest BCUT2D eigenvalue weighted by molar-refractivity contribution is -0.135. The minimum atomic E-state index is -0.319. The van der Waals surface area contributed by atoms with Crippen LogP contribution in [-0.4, -0.2) is 50.6 Å². The van der Waals surface area contributed by atoms with Crippen LogP contribution in [-0.2, 0) is 4.79 Å². The van der Waals surface area contributed by atoms with Crippen molar-refractivity contribution in [2.24, 2.45) is 5.92 Å². The number of amides is 2. The van der Waals surface area contributed by atoms with Gasteiger partial charge >= 0.3 is 0 Å². The highest BCUT2D eigenvalue weighted by Gasteiger charge is 2.27. The van der Waals surface area contributed by atoms with Gasteiger partial charge in [0.15, 0.2) is 0 Å². The van der Waals surface area contributed by atoms with Gasteiger partial charge in [0, 0.05) is 30.0 Å². The first-order valence-corrected chi connectivity index (χ1v) is 11.8. The second-order valence-electron chi connectivity index (χ2n) is 9.05. The molecule has 0 saturated carbocycles. The summed E-state index contributed by atoms with van der Waals surface area (Å²) in [5.41, 5.74) is 3.39. The third-order valence-corrected chi connectivity index (χ3v) is 6.62. The lowest BCUT2D eigenvalue weighted by Crippen LogP contribution is -2.43. The maximum atomic E-state index is 13.4. The van der Waals surface area contributed by atoms with Gasteiger partial charge in [-0.1, -0.05) is 12.2 Å². The van der Waals surface area contributed by atoms with Crippen LogP contribution in [0.1, 0.15) is 35.4 Å². The predicted molar refractivity (Wildman–Crippen MR) is 130 cm³/mol. The Balaban J connectivity index is 1.29. The Kier molecular flexibility index (Phi) is 6.21. The molecule has 5 rings (SSSR count). The highest BCUT2D eigenvalue weighted by atomic mass is 19.1. The molecule has 0 bridgehead atoms. The van der Waals surface area contributed by atoms with Crippen molar-refractivity contribution in [3.05, 3.63) is 83.6 Å². The van der Waals surface area contributed by atoms with Crippen molar-refractivity contribution in [3.8, 4) is 5.69 Å². The van der Waals surface area contributed by atoms with Gasteiger partial charge in [-0.2, -0.15) is 0 Å². The highest BCUT2D eigenvalue weighted by Crippen LogP contribution is 2.24. The number of likely N-dealkylation sites (tertiary alicyclic amines) is 1. The van der Waals surface area contributed by atoms with E-state index < -0.39 is 0 Å². The molecule has 0 radical (unpaired) electrons. The van der Waals surface area contributed by atoms with E-state index in [1.165, 1.54) is 12.1 Å². The van der Waals surface area contributed by atoms with Crippen molar-refractivity contribution in [2.45, 2.75) is 32.3 Å². The molecule has 0 spiro atoms. The third-order valence-electron chi connectivity index (χ3n) is 6.62. The van der Waals surface area contributed by atoms with E-state index in [2.05, 4.69) is 10.3 Å². The predicted octanol–water partition coefficient (Wildman–Crippen LogP) is 3.65. The number of carbonyl (C=O) groups is 2. The van der Waals surface area contributed by atoms with Crippen molar-refractivity contribution in [3.63, 3.8) is 0 Å². The molecule has 180 valence electrons. The van der Waals surface area contributed by atoms with E-state index in [0.717, 1.165) is 22.5 Å². The number of benzene rings is 2. The molecule has 2 N–H and O–H groups in total. The number of piperidine rings is 1. The molecule has 1 saturated heterocycles. The standard InChI is InChI=1S/C27H27FN4O3/c1-17-29-24-11-4-19(16-25(24)32(17)22-9-5-20(28)6-10-22)26(34)30-21-7-2-18(3-8-21)27(35)31-14-12-23(33)13-15-31/h2,4-11,16,18,23,33H,3,12-15H2,1H3,(H,30,34). The fourth-order valence-corrected chi connectivity index (χ4v) is 4.67. The Labute approximate surface area is 202 Å². The van der Waals surface area contributed by atoms with Crippen LogP contribution < -0.4 is 5.32 Å². The van der Waals surface area contributed by atoms with Gasteiger partial charge in [0.1, 0.15) is 11.6 Å². The maximum absolute atomic E-state index is 13.4. The maximum Gasteiger partial charge on any atom is 0.255 e. The van der Waals surface area contributed by atoms with Crippen molar-refractivity contribution in [2.75, 3.05) is 13.1 Å².